The van der Waals surface area contributed by atoms with Crippen LogP contribution in [-0.2, 0) is 0 Å². The van der Waals surface area contributed by atoms with Crippen molar-refractivity contribution in [2.24, 2.45) is 0 Å². The van der Waals surface area contributed by atoms with E-state index in [1.807, 2.05) is 0 Å². The zero-order chi connectivity index (χ0) is 22.1. The number of nitro benzene ring substituents is 1. The fraction of sp³-hybridized carbons (Fsp3) is 0.0455. The first-order valence-corrected chi connectivity index (χ1v) is 9.14. The van der Waals surface area contributed by atoms with Crippen molar-refractivity contribution < 1.29 is 23.7 Å². The summed E-state index contributed by atoms with van der Waals surface area (Å²) in [5.41, 5.74) is 0.168. The molecule has 3 aromatic rings. The summed E-state index contributed by atoms with van der Waals surface area (Å²) in [5.74, 6) is -2.45. The van der Waals surface area contributed by atoms with Crippen molar-refractivity contribution in [2.45, 2.75) is 0 Å². The van der Waals surface area contributed by atoms with E-state index in [0.29, 0.717) is 5.56 Å². The molecule has 0 saturated heterocycles. The smallest absolute Gasteiger partial charge is 0.270 e. The fourth-order valence-electron chi connectivity index (χ4n) is 3.28. The predicted octanol–water partition coefficient (Wildman–Crippen LogP) is 3.63. The van der Waals surface area contributed by atoms with E-state index < -0.39 is 35.1 Å². The summed E-state index contributed by atoms with van der Waals surface area (Å²) >= 11 is 0. The second kappa shape index (κ2) is 7.79. The Morgan fingerprint density at radius 3 is 2.23 bits per heavy atom. The van der Waals surface area contributed by atoms with E-state index in [1.54, 1.807) is 30.3 Å². The van der Waals surface area contributed by atoms with Crippen molar-refractivity contribution >= 4 is 29.1 Å². The minimum atomic E-state index is -0.753. The van der Waals surface area contributed by atoms with Crippen LogP contribution in [0.5, 0.6) is 0 Å². The monoisotopic (exact) mass is 419 g/mol. The maximum atomic E-state index is 13.4. The van der Waals surface area contributed by atoms with E-state index in [4.69, 9.17) is 0 Å². The first-order chi connectivity index (χ1) is 14.9. The second-order valence-electron chi connectivity index (χ2n) is 6.74. The molecule has 0 aromatic heterocycles. The van der Waals surface area contributed by atoms with Gasteiger partial charge in [-0.3, -0.25) is 34.3 Å². The van der Waals surface area contributed by atoms with Crippen molar-refractivity contribution in [3.8, 4) is 0 Å². The van der Waals surface area contributed by atoms with E-state index in [9.17, 15) is 28.9 Å². The highest BCUT2D eigenvalue weighted by Gasteiger charge is 2.38. The quantitative estimate of drug-likeness (QED) is 0.357. The van der Waals surface area contributed by atoms with Crippen LogP contribution in [0.15, 0.2) is 72.8 Å². The van der Waals surface area contributed by atoms with Gasteiger partial charge in [0.25, 0.3) is 23.4 Å². The number of amides is 3. The molecule has 0 fully saturated rings. The highest BCUT2D eigenvalue weighted by Crippen LogP contribution is 2.28. The molecule has 0 spiro atoms. The van der Waals surface area contributed by atoms with Gasteiger partial charge in [0.2, 0.25) is 0 Å². The number of imide groups is 1. The highest BCUT2D eigenvalue weighted by molar-refractivity contribution is 6.22. The van der Waals surface area contributed by atoms with Gasteiger partial charge < -0.3 is 0 Å². The Kier molecular flexibility index (Phi) is 5.00. The average Bonchev–Trinajstić information content (AvgIpc) is 3.02. The van der Waals surface area contributed by atoms with Crippen LogP contribution in [0.1, 0.15) is 31.1 Å². The SMILES string of the molecule is O=C1c2ccc([N+](=O)[O-])cc2C(=O)N1CN(C(=O)c1ccccc1)c1ccc(F)cc1. The number of non-ortho nitro benzene ring substituents is 1. The average molecular weight is 419 g/mol. The van der Waals surface area contributed by atoms with Crippen molar-refractivity contribution in [1.82, 2.24) is 4.90 Å². The van der Waals surface area contributed by atoms with Crippen LogP contribution in [0.2, 0.25) is 0 Å². The molecule has 9 heteroatoms. The van der Waals surface area contributed by atoms with Gasteiger partial charge in [0.1, 0.15) is 12.5 Å². The number of nitro groups is 1. The number of hydrogen-bond acceptors (Lipinski definition) is 5. The summed E-state index contributed by atoms with van der Waals surface area (Å²) in [4.78, 5) is 51.2. The molecule has 31 heavy (non-hydrogen) atoms. The molecular formula is C22H14FN3O5. The lowest BCUT2D eigenvalue weighted by molar-refractivity contribution is -0.384. The zero-order valence-corrected chi connectivity index (χ0v) is 15.9. The van der Waals surface area contributed by atoms with Gasteiger partial charge in [0, 0.05) is 23.4 Å². The van der Waals surface area contributed by atoms with Crippen LogP contribution in [0.3, 0.4) is 0 Å². The summed E-state index contributed by atoms with van der Waals surface area (Å²) in [6.45, 7) is -0.445. The lowest BCUT2D eigenvalue weighted by atomic mass is 10.1. The minimum Gasteiger partial charge on any atom is -0.290 e. The number of hydrogen-bond donors (Lipinski definition) is 0. The van der Waals surface area contributed by atoms with Crippen LogP contribution in [0, 0.1) is 15.9 Å². The van der Waals surface area contributed by atoms with Gasteiger partial charge in [0.05, 0.1) is 16.1 Å². The van der Waals surface area contributed by atoms with Gasteiger partial charge in [-0.05, 0) is 42.5 Å². The predicted molar refractivity (Wildman–Crippen MR) is 108 cm³/mol. The van der Waals surface area contributed by atoms with Crippen molar-refractivity contribution in [2.75, 3.05) is 11.6 Å². The minimum absolute atomic E-state index is 0.0156. The number of carbonyl (C=O) groups excluding carboxylic acids is 3. The molecule has 0 bridgehead atoms. The number of anilines is 1. The standard InChI is InChI=1S/C22H14FN3O5/c23-15-6-8-16(9-7-15)24(20(27)14-4-2-1-3-5-14)13-25-21(28)18-11-10-17(26(30)31)12-19(18)22(25)29/h1-12H,13H2. The first kappa shape index (κ1) is 19.9. The third kappa shape index (κ3) is 3.64. The Labute approximate surface area is 175 Å². The van der Waals surface area contributed by atoms with E-state index in [0.717, 1.165) is 29.2 Å². The molecule has 8 nitrogen and oxygen atoms in total. The van der Waals surface area contributed by atoms with Gasteiger partial charge in [-0.1, -0.05) is 18.2 Å². The largest absolute Gasteiger partial charge is 0.290 e. The molecular weight excluding hydrogens is 405 g/mol. The van der Waals surface area contributed by atoms with Crippen LogP contribution in [-0.4, -0.2) is 34.2 Å². The molecule has 0 N–H and O–H groups in total. The summed E-state index contributed by atoms with van der Waals surface area (Å²) in [6.07, 6.45) is 0. The van der Waals surface area contributed by atoms with E-state index in [2.05, 4.69) is 0 Å². The van der Waals surface area contributed by atoms with Crippen LogP contribution in [0.4, 0.5) is 15.8 Å². The molecule has 0 unspecified atom stereocenters. The molecule has 0 aliphatic carbocycles. The zero-order valence-electron chi connectivity index (χ0n) is 15.9. The van der Waals surface area contributed by atoms with Gasteiger partial charge in [-0.2, -0.15) is 0 Å². The molecule has 0 atom stereocenters. The Hall–Kier alpha value is -4.40. The summed E-state index contributed by atoms with van der Waals surface area (Å²) in [6, 6.07) is 16.6. The van der Waals surface area contributed by atoms with Crippen molar-refractivity contribution in [3.63, 3.8) is 0 Å². The third-order valence-corrected chi connectivity index (χ3v) is 4.85. The van der Waals surface area contributed by atoms with Crippen LogP contribution >= 0.6 is 0 Å². The van der Waals surface area contributed by atoms with E-state index in [-0.39, 0.29) is 22.5 Å². The number of fused-ring (bicyclic) bond motifs is 1. The maximum absolute atomic E-state index is 13.4. The van der Waals surface area contributed by atoms with Crippen LogP contribution in [0.25, 0.3) is 0 Å². The molecule has 1 aliphatic heterocycles. The van der Waals surface area contributed by atoms with Gasteiger partial charge in [-0.15, -0.1) is 0 Å². The Morgan fingerprint density at radius 2 is 1.58 bits per heavy atom. The number of nitrogens with zero attached hydrogens (tertiary/aromatic N) is 3. The highest BCUT2D eigenvalue weighted by atomic mass is 19.1. The number of rotatable bonds is 5. The van der Waals surface area contributed by atoms with Gasteiger partial charge in [0.15, 0.2) is 0 Å². The second-order valence-corrected chi connectivity index (χ2v) is 6.74. The molecule has 4 rings (SSSR count). The third-order valence-electron chi connectivity index (χ3n) is 4.85. The fourth-order valence-corrected chi connectivity index (χ4v) is 3.28. The molecule has 3 amide bonds. The first-order valence-electron chi connectivity index (χ1n) is 9.14. The molecule has 154 valence electrons. The molecule has 0 radical (unpaired) electrons. The number of benzene rings is 3. The Bertz CT molecular complexity index is 1210. The molecule has 1 heterocycles. The number of halogens is 1. The van der Waals surface area contributed by atoms with Gasteiger partial charge in [-0.25, -0.2) is 4.39 Å². The summed E-state index contributed by atoms with van der Waals surface area (Å²) in [5, 5.41) is 11.0. The normalized spacial score (nSPS) is 12.6. The molecule has 0 saturated carbocycles. The summed E-state index contributed by atoms with van der Waals surface area (Å²) in [7, 11) is 0. The lowest BCUT2D eigenvalue weighted by Crippen LogP contribution is -2.44. The van der Waals surface area contributed by atoms with E-state index >= 15 is 0 Å². The topological polar surface area (TPSA) is 101 Å². The Balaban J connectivity index is 1.71. The lowest BCUT2D eigenvalue weighted by Gasteiger charge is -2.27. The Morgan fingerprint density at radius 1 is 0.935 bits per heavy atom. The maximum Gasteiger partial charge on any atom is 0.270 e. The molecule has 3 aromatic carbocycles. The van der Waals surface area contributed by atoms with Crippen molar-refractivity contribution in [1.29, 1.82) is 0 Å². The van der Waals surface area contributed by atoms with Crippen LogP contribution < -0.4 is 4.90 Å². The van der Waals surface area contributed by atoms with Crippen molar-refractivity contribution in [3.05, 3.63) is 105 Å². The number of carbonyl (C=O) groups is 3. The summed E-state index contributed by atoms with van der Waals surface area (Å²) < 4.78 is 13.4. The van der Waals surface area contributed by atoms with E-state index in [1.165, 1.54) is 23.1 Å². The van der Waals surface area contributed by atoms with Gasteiger partial charge >= 0.3 is 0 Å². The molecule has 1 aliphatic rings.